The molecule has 0 saturated carbocycles. The van der Waals surface area contributed by atoms with E-state index < -0.39 is 5.97 Å². The molecule has 2 aromatic rings. The molecular weight excluding hydrogens is 308 g/mol. The van der Waals surface area contributed by atoms with Crippen LogP contribution in [0, 0.1) is 0 Å². The van der Waals surface area contributed by atoms with Gasteiger partial charge in [0.1, 0.15) is 11.5 Å². The minimum atomic E-state index is -0.456. The second-order valence-electron chi connectivity index (χ2n) is 5.18. The number of ether oxygens (including phenoxy) is 2. The third-order valence-corrected chi connectivity index (χ3v) is 3.34. The van der Waals surface area contributed by atoms with Crippen molar-refractivity contribution in [3.05, 3.63) is 48.5 Å². The molecule has 0 aliphatic rings. The maximum atomic E-state index is 12.0. The van der Waals surface area contributed by atoms with E-state index in [2.05, 4.69) is 0 Å². The number of esters is 2. The minimum Gasteiger partial charge on any atom is -0.508 e. The zero-order valence-corrected chi connectivity index (χ0v) is 13.5. The molecule has 24 heavy (non-hydrogen) atoms. The first-order valence-corrected chi connectivity index (χ1v) is 7.85. The Bertz CT molecular complexity index is 694. The Morgan fingerprint density at radius 3 is 2.42 bits per heavy atom. The van der Waals surface area contributed by atoms with Gasteiger partial charge < -0.3 is 14.6 Å². The molecule has 0 aromatic heterocycles. The molecule has 5 nitrogen and oxygen atoms in total. The molecule has 0 amide bonds. The first-order valence-electron chi connectivity index (χ1n) is 7.85. The second-order valence-corrected chi connectivity index (χ2v) is 5.18. The number of carbonyl (C=O) groups is 2. The third-order valence-electron chi connectivity index (χ3n) is 3.34. The Labute approximate surface area is 140 Å². The highest BCUT2D eigenvalue weighted by atomic mass is 16.5. The molecule has 0 fully saturated rings. The van der Waals surface area contributed by atoms with E-state index in [1.54, 1.807) is 19.1 Å². The molecule has 0 aliphatic carbocycles. The minimum absolute atomic E-state index is 0.0176. The van der Waals surface area contributed by atoms with Gasteiger partial charge in [0.15, 0.2) is 0 Å². The Balaban J connectivity index is 2.02. The molecular formula is C19H20O5. The van der Waals surface area contributed by atoms with Gasteiger partial charge in [0, 0.05) is 24.5 Å². The van der Waals surface area contributed by atoms with E-state index in [4.69, 9.17) is 9.47 Å². The van der Waals surface area contributed by atoms with Gasteiger partial charge in [0.2, 0.25) is 0 Å². The molecule has 2 rings (SSSR count). The van der Waals surface area contributed by atoms with Gasteiger partial charge in [-0.05, 0) is 31.0 Å². The first kappa shape index (κ1) is 17.5. The summed E-state index contributed by atoms with van der Waals surface area (Å²) in [6.45, 7) is 2.06. The lowest BCUT2D eigenvalue weighted by molar-refractivity contribution is -0.143. The van der Waals surface area contributed by atoms with Crippen LogP contribution >= 0.6 is 0 Å². The van der Waals surface area contributed by atoms with E-state index >= 15 is 0 Å². The Morgan fingerprint density at radius 2 is 1.71 bits per heavy atom. The molecule has 1 N–H and O–H groups in total. The van der Waals surface area contributed by atoms with Crippen molar-refractivity contribution in [2.75, 3.05) is 6.61 Å². The smallest absolute Gasteiger partial charge is 0.311 e. The van der Waals surface area contributed by atoms with E-state index in [9.17, 15) is 14.7 Å². The lowest BCUT2D eigenvalue weighted by Gasteiger charge is -2.11. The predicted molar refractivity (Wildman–Crippen MR) is 89.7 cm³/mol. The van der Waals surface area contributed by atoms with Crippen LogP contribution in [0.3, 0.4) is 0 Å². The van der Waals surface area contributed by atoms with E-state index in [0.29, 0.717) is 24.3 Å². The van der Waals surface area contributed by atoms with Crippen LogP contribution < -0.4 is 4.74 Å². The molecule has 0 aliphatic heterocycles. The maximum Gasteiger partial charge on any atom is 0.311 e. The molecule has 0 heterocycles. The topological polar surface area (TPSA) is 72.8 Å². The maximum absolute atomic E-state index is 12.0. The summed E-state index contributed by atoms with van der Waals surface area (Å²) in [7, 11) is 0. The number of rotatable bonds is 7. The molecule has 0 atom stereocenters. The molecule has 0 radical (unpaired) electrons. The van der Waals surface area contributed by atoms with Crippen molar-refractivity contribution in [1.82, 2.24) is 0 Å². The number of aromatic hydroxyl groups is 1. The number of hydrogen-bond acceptors (Lipinski definition) is 5. The van der Waals surface area contributed by atoms with Crippen molar-refractivity contribution in [1.29, 1.82) is 0 Å². The van der Waals surface area contributed by atoms with Gasteiger partial charge >= 0.3 is 11.9 Å². The number of carbonyl (C=O) groups excluding carboxylic acids is 2. The second kappa shape index (κ2) is 8.72. The van der Waals surface area contributed by atoms with Gasteiger partial charge in [0.05, 0.1) is 6.61 Å². The van der Waals surface area contributed by atoms with Crippen molar-refractivity contribution in [3.63, 3.8) is 0 Å². The molecule has 0 spiro atoms. The Morgan fingerprint density at radius 1 is 1.00 bits per heavy atom. The van der Waals surface area contributed by atoms with Gasteiger partial charge in [0.25, 0.3) is 0 Å². The normalized spacial score (nSPS) is 10.2. The zero-order valence-electron chi connectivity index (χ0n) is 13.5. The van der Waals surface area contributed by atoms with Gasteiger partial charge in [-0.25, -0.2) is 0 Å². The monoisotopic (exact) mass is 328 g/mol. The van der Waals surface area contributed by atoms with E-state index in [1.807, 2.05) is 30.3 Å². The van der Waals surface area contributed by atoms with Crippen molar-refractivity contribution in [2.24, 2.45) is 0 Å². The summed E-state index contributed by atoms with van der Waals surface area (Å²) in [4.78, 5) is 23.2. The van der Waals surface area contributed by atoms with Crippen molar-refractivity contribution >= 4 is 11.9 Å². The lowest BCUT2D eigenvalue weighted by Crippen LogP contribution is -2.10. The largest absolute Gasteiger partial charge is 0.508 e. The molecule has 0 bridgehead atoms. The van der Waals surface area contributed by atoms with E-state index in [0.717, 1.165) is 5.56 Å². The van der Waals surface area contributed by atoms with Crippen LogP contribution in [0.4, 0.5) is 0 Å². The standard InChI is InChI=1S/C19H20O5/c1-2-23-18(21)9-6-10-19(22)24-17-13-15(20)11-12-16(17)14-7-4-3-5-8-14/h3-5,7-8,11-13,20H,2,6,9-10H2,1H3. The summed E-state index contributed by atoms with van der Waals surface area (Å²) < 4.78 is 10.2. The summed E-state index contributed by atoms with van der Waals surface area (Å²) in [6.07, 6.45) is 0.633. The van der Waals surface area contributed by atoms with Crippen LogP contribution in [0.5, 0.6) is 11.5 Å². The van der Waals surface area contributed by atoms with Gasteiger partial charge in [-0.1, -0.05) is 30.3 Å². The summed E-state index contributed by atoms with van der Waals surface area (Å²) in [6, 6.07) is 14.1. The van der Waals surface area contributed by atoms with E-state index in [1.165, 1.54) is 6.07 Å². The van der Waals surface area contributed by atoms with Crippen molar-refractivity contribution in [2.45, 2.75) is 26.2 Å². The molecule has 2 aromatic carbocycles. The molecule has 126 valence electrons. The lowest BCUT2D eigenvalue weighted by atomic mass is 10.0. The van der Waals surface area contributed by atoms with Gasteiger partial charge in [-0.3, -0.25) is 9.59 Å². The highest BCUT2D eigenvalue weighted by Gasteiger charge is 2.13. The fourth-order valence-corrected chi connectivity index (χ4v) is 2.24. The van der Waals surface area contributed by atoms with E-state index in [-0.39, 0.29) is 24.6 Å². The fraction of sp³-hybridized carbons (Fsp3) is 0.263. The Hall–Kier alpha value is -2.82. The van der Waals surface area contributed by atoms with Gasteiger partial charge in [-0.15, -0.1) is 0 Å². The molecule has 0 saturated heterocycles. The predicted octanol–water partition coefficient (Wildman–Crippen LogP) is 3.70. The third kappa shape index (κ3) is 5.12. The van der Waals surface area contributed by atoms with Crippen LogP contribution in [0.2, 0.25) is 0 Å². The van der Waals surface area contributed by atoms with Gasteiger partial charge in [-0.2, -0.15) is 0 Å². The number of benzene rings is 2. The molecule has 0 unspecified atom stereocenters. The Kier molecular flexibility index (Phi) is 6.37. The summed E-state index contributed by atoms with van der Waals surface area (Å²) in [5.74, 6) is -0.471. The van der Waals surface area contributed by atoms with Crippen LogP contribution in [-0.2, 0) is 14.3 Å². The highest BCUT2D eigenvalue weighted by Crippen LogP contribution is 2.33. The van der Waals surface area contributed by atoms with Crippen LogP contribution in [0.15, 0.2) is 48.5 Å². The summed E-state index contributed by atoms with van der Waals surface area (Å²) in [5, 5.41) is 9.65. The quantitative estimate of drug-likeness (QED) is 0.620. The summed E-state index contributed by atoms with van der Waals surface area (Å²) in [5.41, 5.74) is 1.60. The van der Waals surface area contributed by atoms with Crippen LogP contribution in [0.1, 0.15) is 26.2 Å². The van der Waals surface area contributed by atoms with Crippen LogP contribution in [0.25, 0.3) is 11.1 Å². The summed E-state index contributed by atoms with van der Waals surface area (Å²) >= 11 is 0. The average Bonchev–Trinajstić information content (AvgIpc) is 2.56. The number of phenolic OH excluding ortho intramolecular Hbond substituents is 1. The molecule has 5 heteroatoms. The van der Waals surface area contributed by atoms with Crippen molar-refractivity contribution in [3.8, 4) is 22.6 Å². The number of hydrogen-bond donors (Lipinski definition) is 1. The SMILES string of the molecule is CCOC(=O)CCCC(=O)Oc1cc(O)ccc1-c1ccccc1. The van der Waals surface area contributed by atoms with Crippen LogP contribution in [-0.4, -0.2) is 23.7 Å². The zero-order chi connectivity index (χ0) is 17.4. The first-order chi connectivity index (χ1) is 11.6. The fourth-order valence-electron chi connectivity index (χ4n) is 2.24. The highest BCUT2D eigenvalue weighted by molar-refractivity contribution is 5.79. The number of phenols is 1. The average molecular weight is 328 g/mol. The van der Waals surface area contributed by atoms with Crippen molar-refractivity contribution < 1.29 is 24.2 Å².